The Kier molecular flexibility index (Phi) is 4.90. The molecule has 1 amide bonds. The lowest BCUT2D eigenvalue weighted by atomic mass is 9.98. The SMILES string of the molecule is CC(C)COc1ccc(C(=O)N(C)C2CC3CCC(C2)N3)cc1. The van der Waals surface area contributed by atoms with Crippen LogP contribution in [0, 0.1) is 5.92 Å². The Morgan fingerprint density at radius 1 is 1.22 bits per heavy atom. The van der Waals surface area contributed by atoms with Gasteiger partial charge in [-0.25, -0.2) is 0 Å². The van der Waals surface area contributed by atoms with Gasteiger partial charge in [-0.1, -0.05) is 13.8 Å². The largest absolute Gasteiger partial charge is 0.493 e. The molecule has 2 aliphatic heterocycles. The third kappa shape index (κ3) is 3.86. The van der Waals surface area contributed by atoms with Crippen molar-refractivity contribution in [1.29, 1.82) is 0 Å². The first-order valence-electron chi connectivity index (χ1n) is 8.79. The molecule has 0 radical (unpaired) electrons. The molecule has 2 aliphatic rings. The fourth-order valence-corrected chi connectivity index (χ4v) is 3.67. The standard InChI is InChI=1S/C19H28N2O2/c1-13(2)12-23-18-8-4-14(5-9-18)19(22)21(3)17-10-15-6-7-16(11-17)20-15/h4-5,8-9,13,15-17,20H,6-7,10-12H2,1-3H3. The van der Waals surface area contributed by atoms with Crippen molar-refractivity contribution in [2.24, 2.45) is 5.92 Å². The molecule has 1 aromatic carbocycles. The summed E-state index contributed by atoms with van der Waals surface area (Å²) in [5.41, 5.74) is 0.746. The van der Waals surface area contributed by atoms with E-state index in [2.05, 4.69) is 19.2 Å². The number of fused-ring (bicyclic) bond motifs is 2. The summed E-state index contributed by atoms with van der Waals surface area (Å²) in [7, 11) is 1.95. The summed E-state index contributed by atoms with van der Waals surface area (Å²) >= 11 is 0. The average Bonchev–Trinajstić information content (AvgIpc) is 2.90. The Morgan fingerprint density at radius 3 is 2.39 bits per heavy atom. The maximum absolute atomic E-state index is 12.7. The van der Waals surface area contributed by atoms with Crippen LogP contribution in [0.5, 0.6) is 5.75 Å². The van der Waals surface area contributed by atoms with Gasteiger partial charge in [-0.2, -0.15) is 0 Å². The second-order valence-electron chi connectivity index (χ2n) is 7.41. The molecule has 4 nitrogen and oxygen atoms in total. The fourth-order valence-electron chi connectivity index (χ4n) is 3.67. The van der Waals surface area contributed by atoms with Crippen molar-refractivity contribution in [3.63, 3.8) is 0 Å². The molecule has 2 bridgehead atoms. The van der Waals surface area contributed by atoms with Crippen LogP contribution in [0.1, 0.15) is 49.9 Å². The molecule has 2 saturated heterocycles. The Morgan fingerprint density at radius 2 is 1.83 bits per heavy atom. The van der Waals surface area contributed by atoms with Crippen molar-refractivity contribution in [3.05, 3.63) is 29.8 Å². The van der Waals surface area contributed by atoms with Crippen LogP contribution in [0.15, 0.2) is 24.3 Å². The van der Waals surface area contributed by atoms with E-state index in [1.54, 1.807) is 0 Å². The number of benzene rings is 1. The van der Waals surface area contributed by atoms with E-state index in [1.165, 1.54) is 12.8 Å². The zero-order valence-electron chi connectivity index (χ0n) is 14.4. The van der Waals surface area contributed by atoms with Crippen LogP contribution < -0.4 is 10.1 Å². The number of hydrogen-bond acceptors (Lipinski definition) is 3. The molecule has 1 aromatic rings. The number of carbonyl (C=O) groups excluding carboxylic acids is 1. The van der Waals surface area contributed by atoms with Gasteiger partial charge in [0.05, 0.1) is 6.61 Å². The van der Waals surface area contributed by atoms with Gasteiger partial charge in [0.15, 0.2) is 0 Å². The van der Waals surface area contributed by atoms with Crippen LogP contribution in [0.4, 0.5) is 0 Å². The molecule has 23 heavy (non-hydrogen) atoms. The Balaban J connectivity index is 1.60. The minimum absolute atomic E-state index is 0.117. The van der Waals surface area contributed by atoms with E-state index in [0.717, 1.165) is 24.2 Å². The molecule has 2 heterocycles. The number of nitrogens with one attached hydrogen (secondary N) is 1. The van der Waals surface area contributed by atoms with Crippen molar-refractivity contribution in [2.45, 2.75) is 57.7 Å². The summed E-state index contributed by atoms with van der Waals surface area (Å²) in [4.78, 5) is 14.7. The van der Waals surface area contributed by atoms with E-state index in [4.69, 9.17) is 4.74 Å². The third-order valence-corrected chi connectivity index (χ3v) is 5.00. The van der Waals surface area contributed by atoms with Crippen LogP contribution >= 0.6 is 0 Å². The van der Waals surface area contributed by atoms with Crippen molar-refractivity contribution < 1.29 is 9.53 Å². The van der Waals surface area contributed by atoms with Crippen LogP contribution in [0.3, 0.4) is 0 Å². The highest BCUT2D eigenvalue weighted by molar-refractivity contribution is 5.94. The Labute approximate surface area is 139 Å². The van der Waals surface area contributed by atoms with E-state index in [9.17, 15) is 4.79 Å². The van der Waals surface area contributed by atoms with Crippen LogP contribution in [-0.4, -0.2) is 42.6 Å². The molecule has 126 valence electrons. The molecule has 1 N–H and O–H groups in total. The van der Waals surface area contributed by atoms with Gasteiger partial charge in [-0.3, -0.25) is 4.79 Å². The van der Waals surface area contributed by atoms with Gasteiger partial charge in [0.25, 0.3) is 5.91 Å². The van der Waals surface area contributed by atoms with Crippen LogP contribution in [0.2, 0.25) is 0 Å². The predicted molar refractivity (Wildman–Crippen MR) is 91.8 cm³/mol. The second-order valence-corrected chi connectivity index (χ2v) is 7.41. The number of amides is 1. The number of nitrogens with zero attached hydrogens (tertiary/aromatic N) is 1. The Hall–Kier alpha value is -1.55. The van der Waals surface area contributed by atoms with Crippen LogP contribution in [-0.2, 0) is 0 Å². The van der Waals surface area contributed by atoms with E-state index < -0.39 is 0 Å². The lowest BCUT2D eigenvalue weighted by molar-refractivity contribution is 0.0681. The van der Waals surface area contributed by atoms with E-state index in [-0.39, 0.29) is 5.91 Å². The lowest BCUT2D eigenvalue weighted by Crippen LogP contribution is -2.48. The second kappa shape index (κ2) is 6.91. The van der Waals surface area contributed by atoms with E-state index >= 15 is 0 Å². The topological polar surface area (TPSA) is 41.6 Å². The van der Waals surface area contributed by atoms with Crippen LogP contribution in [0.25, 0.3) is 0 Å². The van der Waals surface area contributed by atoms with E-state index in [0.29, 0.717) is 30.7 Å². The first kappa shape index (κ1) is 16.3. The minimum Gasteiger partial charge on any atom is -0.493 e. The Bertz CT molecular complexity index is 529. The minimum atomic E-state index is 0.117. The van der Waals surface area contributed by atoms with Gasteiger partial charge in [0.2, 0.25) is 0 Å². The molecule has 0 aromatic heterocycles. The number of rotatable bonds is 5. The summed E-state index contributed by atoms with van der Waals surface area (Å²) in [5, 5.41) is 3.63. The number of piperidine rings is 1. The maximum Gasteiger partial charge on any atom is 0.253 e. The molecule has 0 saturated carbocycles. The van der Waals surface area contributed by atoms with Gasteiger partial charge >= 0.3 is 0 Å². The van der Waals surface area contributed by atoms with Crippen molar-refractivity contribution in [3.8, 4) is 5.75 Å². The first-order valence-corrected chi connectivity index (χ1v) is 8.79. The van der Waals surface area contributed by atoms with E-state index in [1.807, 2.05) is 36.2 Å². The summed E-state index contributed by atoms with van der Waals surface area (Å²) < 4.78 is 5.68. The fraction of sp³-hybridized carbons (Fsp3) is 0.632. The monoisotopic (exact) mass is 316 g/mol. The summed E-state index contributed by atoms with van der Waals surface area (Å²) in [5.74, 6) is 1.45. The van der Waals surface area contributed by atoms with Gasteiger partial charge in [-0.15, -0.1) is 0 Å². The number of hydrogen-bond donors (Lipinski definition) is 1. The molecule has 2 unspecified atom stereocenters. The maximum atomic E-state index is 12.7. The summed E-state index contributed by atoms with van der Waals surface area (Å²) in [6, 6.07) is 9.11. The molecule has 2 atom stereocenters. The molecule has 3 rings (SSSR count). The molecular formula is C19H28N2O2. The highest BCUT2D eigenvalue weighted by Crippen LogP contribution is 2.30. The molecule has 4 heteroatoms. The third-order valence-electron chi connectivity index (χ3n) is 5.00. The highest BCUT2D eigenvalue weighted by Gasteiger charge is 2.36. The quantitative estimate of drug-likeness (QED) is 0.907. The normalized spacial score (nSPS) is 26.3. The predicted octanol–water partition coefficient (Wildman–Crippen LogP) is 3.08. The average molecular weight is 316 g/mol. The first-order chi connectivity index (χ1) is 11.0. The highest BCUT2D eigenvalue weighted by atomic mass is 16.5. The van der Waals surface area contributed by atoms with Crippen molar-refractivity contribution in [2.75, 3.05) is 13.7 Å². The summed E-state index contributed by atoms with van der Waals surface area (Å²) in [6.45, 7) is 4.95. The van der Waals surface area contributed by atoms with Gasteiger partial charge in [0.1, 0.15) is 5.75 Å². The number of ether oxygens (including phenoxy) is 1. The summed E-state index contributed by atoms with van der Waals surface area (Å²) in [6.07, 6.45) is 4.67. The number of carbonyl (C=O) groups is 1. The zero-order chi connectivity index (χ0) is 16.4. The molecule has 0 spiro atoms. The molecule has 2 fully saturated rings. The smallest absolute Gasteiger partial charge is 0.253 e. The van der Waals surface area contributed by atoms with Gasteiger partial charge < -0.3 is 15.0 Å². The van der Waals surface area contributed by atoms with Crippen molar-refractivity contribution in [1.82, 2.24) is 10.2 Å². The molecule has 0 aliphatic carbocycles. The molecular weight excluding hydrogens is 288 g/mol. The van der Waals surface area contributed by atoms with Gasteiger partial charge in [-0.05, 0) is 55.9 Å². The van der Waals surface area contributed by atoms with Gasteiger partial charge in [0, 0.05) is 30.7 Å². The van der Waals surface area contributed by atoms with Crippen molar-refractivity contribution >= 4 is 5.91 Å². The zero-order valence-corrected chi connectivity index (χ0v) is 14.4. The lowest BCUT2D eigenvalue weighted by Gasteiger charge is -2.35.